The minimum atomic E-state index is -0.377. The minimum absolute atomic E-state index is 0.101. The number of nitro benzene ring substituents is 1. The van der Waals surface area contributed by atoms with Gasteiger partial charge in [-0.3, -0.25) is 10.1 Å². The largest absolute Gasteiger partial charge is 0.382 e. The van der Waals surface area contributed by atoms with Gasteiger partial charge in [0.2, 0.25) is 0 Å². The number of halogens is 1. The Morgan fingerprint density at radius 1 is 1.41 bits per heavy atom. The maximum atomic E-state index is 10.8. The Kier molecular flexibility index (Phi) is 3.96. The molecule has 2 rings (SSSR count). The predicted octanol–water partition coefficient (Wildman–Crippen LogP) is 2.52. The van der Waals surface area contributed by atoms with Crippen molar-refractivity contribution in [2.24, 2.45) is 0 Å². The Balaban J connectivity index is 2.10. The Hall–Kier alpha value is -1.14. The summed E-state index contributed by atoms with van der Waals surface area (Å²) in [4.78, 5) is 10.4. The van der Waals surface area contributed by atoms with Crippen LogP contribution in [0.15, 0.2) is 22.7 Å². The highest BCUT2D eigenvalue weighted by molar-refractivity contribution is 9.10. The zero-order valence-electron chi connectivity index (χ0n) is 9.28. The van der Waals surface area contributed by atoms with Crippen molar-refractivity contribution in [1.29, 1.82) is 0 Å². The number of benzene rings is 1. The second kappa shape index (κ2) is 5.46. The van der Waals surface area contributed by atoms with Crippen LogP contribution in [-0.2, 0) is 0 Å². The summed E-state index contributed by atoms with van der Waals surface area (Å²) in [6.07, 6.45) is 2.09. The molecule has 6 heteroatoms. The number of rotatable bonds is 3. The van der Waals surface area contributed by atoms with Crippen LogP contribution in [0.25, 0.3) is 0 Å². The van der Waals surface area contributed by atoms with Crippen molar-refractivity contribution < 1.29 is 4.92 Å². The van der Waals surface area contributed by atoms with Gasteiger partial charge in [-0.05, 0) is 54.0 Å². The molecular weight excluding hydrogens is 286 g/mol. The number of nitrogens with zero attached hydrogens (tertiary/aromatic N) is 1. The lowest BCUT2D eigenvalue weighted by Crippen LogP contribution is -2.35. The van der Waals surface area contributed by atoms with Gasteiger partial charge >= 0.3 is 0 Å². The van der Waals surface area contributed by atoms with Gasteiger partial charge in [-0.2, -0.15) is 0 Å². The molecule has 0 aromatic heterocycles. The molecule has 0 amide bonds. The van der Waals surface area contributed by atoms with Crippen LogP contribution in [0.3, 0.4) is 0 Å². The molecule has 17 heavy (non-hydrogen) atoms. The van der Waals surface area contributed by atoms with Gasteiger partial charge < -0.3 is 10.6 Å². The third kappa shape index (κ3) is 3.17. The van der Waals surface area contributed by atoms with E-state index in [0.717, 1.165) is 31.6 Å². The lowest BCUT2D eigenvalue weighted by Gasteiger charge is -2.24. The Bertz CT molecular complexity index is 419. The maximum Gasteiger partial charge on any atom is 0.285 e. The molecule has 0 atom stereocenters. The van der Waals surface area contributed by atoms with Gasteiger partial charge in [-0.15, -0.1) is 0 Å². The highest BCUT2D eigenvalue weighted by Gasteiger charge is 2.16. The van der Waals surface area contributed by atoms with Gasteiger partial charge in [0.15, 0.2) is 0 Å². The maximum absolute atomic E-state index is 10.8. The van der Waals surface area contributed by atoms with E-state index in [1.807, 2.05) is 6.07 Å². The number of hydrogen-bond donors (Lipinski definition) is 2. The van der Waals surface area contributed by atoms with Crippen LogP contribution in [0.5, 0.6) is 0 Å². The van der Waals surface area contributed by atoms with E-state index in [-0.39, 0.29) is 10.6 Å². The van der Waals surface area contributed by atoms with Crippen molar-refractivity contribution in [2.45, 2.75) is 18.9 Å². The quantitative estimate of drug-likeness (QED) is 0.665. The summed E-state index contributed by atoms with van der Waals surface area (Å²) >= 11 is 3.18. The molecule has 1 aliphatic rings. The summed E-state index contributed by atoms with van der Waals surface area (Å²) in [5.74, 6) is 0. The number of anilines is 1. The fourth-order valence-electron chi connectivity index (χ4n) is 1.94. The van der Waals surface area contributed by atoms with Crippen molar-refractivity contribution in [3.05, 3.63) is 32.8 Å². The molecule has 92 valence electrons. The second-order valence-electron chi connectivity index (χ2n) is 4.09. The summed E-state index contributed by atoms with van der Waals surface area (Å²) in [6, 6.07) is 5.55. The number of nitro groups is 1. The summed E-state index contributed by atoms with van der Waals surface area (Å²) in [7, 11) is 0. The van der Waals surface area contributed by atoms with Crippen LogP contribution in [-0.4, -0.2) is 24.1 Å². The molecule has 0 bridgehead atoms. The van der Waals surface area contributed by atoms with Crippen LogP contribution in [0, 0.1) is 10.1 Å². The molecule has 0 aliphatic carbocycles. The average molecular weight is 300 g/mol. The highest BCUT2D eigenvalue weighted by Crippen LogP contribution is 2.28. The Labute approximate surface area is 108 Å². The van der Waals surface area contributed by atoms with Crippen molar-refractivity contribution in [1.82, 2.24) is 5.32 Å². The zero-order valence-corrected chi connectivity index (χ0v) is 10.9. The normalized spacial score (nSPS) is 16.8. The molecule has 1 heterocycles. The van der Waals surface area contributed by atoms with E-state index in [0.29, 0.717) is 10.5 Å². The fourth-order valence-corrected chi connectivity index (χ4v) is 2.34. The van der Waals surface area contributed by atoms with E-state index in [1.165, 1.54) is 0 Å². The van der Waals surface area contributed by atoms with Gasteiger partial charge in [0.25, 0.3) is 5.69 Å². The molecule has 0 unspecified atom stereocenters. The molecule has 1 fully saturated rings. The van der Waals surface area contributed by atoms with Crippen LogP contribution in [0.1, 0.15) is 12.8 Å². The zero-order chi connectivity index (χ0) is 12.3. The number of hydrogen-bond acceptors (Lipinski definition) is 4. The molecule has 0 radical (unpaired) electrons. The third-order valence-electron chi connectivity index (χ3n) is 2.85. The Morgan fingerprint density at radius 3 is 2.76 bits per heavy atom. The number of nitrogens with one attached hydrogen (secondary N) is 2. The van der Waals surface area contributed by atoms with Gasteiger partial charge in [-0.25, -0.2) is 0 Å². The van der Waals surface area contributed by atoms with Crippen LogP contribution >= 0.6 is 15.9 Å². The van der Waals surface area contributed by atoms with E-state index in [9.17, 15) is 10.1 Å². The molecule has 1 aliphatic heterocycles. The molecule has 0 saturated carbocycles. The first-order valence-corrected chi connectivity index (χ1v) is 6.37. The SMILES string of the molecule is O=[N+]([O-])c1cc(NC2CCNCC2)ccc1Br. The van der Waals surface area contributed by atoms with Crippen LogP contribution < -0.4 is 10.6 Å². The predicted molar refractivity (Wildman–Crippen MR) is 70.3 cm³/mol. The van der Waals surface area contributed by atoms with Crippen LogP contribution in [0.2, 0.25) is 0 Å². The average Bonchev–Trinajstić information content (AvgIpc) is 2.32. The standard InChI is InChI=1S/C11H14BrN3O2/c12-10-2-1-9(7-11(10)15(16)17)14-8-3-5-13-6-4-8/h1-2,7-8,13-14H,3-6H2. The van der Waals surface area contributed by atoms with Crippen molar-refractivity contribution >= 4 is 27.3 Å². The number of piperidine rings is 1. The molecular formula is C11H14BrN3O2. The first-order chi connectivity index (χ1) is 8.16. The van der Waals surface area contributed by atoms with Gasteiger partial charge in [-0.1, -0.05) is 0 Å². The summed E-state index contributed by atoms with van der Waals surface area (Å²) < 4.78 is 0.512. The summed E-state index contributed by atoms with van der Waals surface area (Å²) in [5.41, 5.74) is 0.913. The Morgan fingerprint density at radius 2 is 2.12 bits per heavy atom. The molecule has 1 aromatic rings. The fraction of sp³-hybridized carbons (Fsp3) is 0.455. The molecule has 5 nitrogen and oxygen atoms in total. The van der Waals surface area contributed by atoms with E-state index in [2.05, 4.69) is 26.6 Å². The van der Waals surface area contributed by atoms with Gasteiger partial charge in [0, 0.05) is 17.8 Å². The van der Waals surface area contributed by atoms with Crippen molar-refractivity contribution in [2.75, 3.05) is 18.4 Å². The van der Waals surface area contributed by atoms with Crippen molar-refractivity contribution in [3.63, 3.8) is 0 Å². The first-order valence-electron chi connectivity index (χ1n) is 5.58. The van der Waals surface area contributed by atoms with Crippen molar-refractivity contribution in [3.8, 4) is 0 Å². The van der Waals surface area contributed by atoms with E-state index < -0.39 is 0 Å². The highest BCUT2D eigenvalue weighted by atomic mass is 79.9. The molecule has 1 saturated heterocycles. The summed E-state index contributed by atoms with van der Waals surface area (Å²) in [5, 5.41) is 17.4. The third-order valence-corrected chi connectivity index (χ3v) is 3.52. The first kappa shape index (κ1) is 12.3. The minimum Gasteiger partial charge on any atom is -0.382 e. The van der Waals surface area contributed by atoms with Crippen LogP contribution in [0.4, 0.5) is 11.4 Å². The molecule has 2 N–H and O–H groups in total. The monoisotopic (exact) mass is 299 g/mol. The van der Waals surface area contributed by atoms with Gasteiger partial charge in [0.05, 0.1) is 9.40 Å². The molecule has 1 aromatic carbocycles. The molecule has 0 spiro atoms. The van der Waals surface area contributed by atoms with E-state index >= 15 is 0 Å². The van der Waals surface area contributed by atoms with E-state index in [4.69, 9.17) is 0 Å². The van der Waals surface area contributed by atoms with E-state index in [1.54, 1.807) is 12.1 Å². The summed E-state index contributed by atoms with van der Waals surface area (Å²) in [6.45, 7) is 1.99. The lowest BCUT2D eigenvalue weighted by molar-refractivity contribution is -0.385. The second-order valence-corrected chi connectivity index (χ2v) is 4.95. The lowest BCUT2D eigenvalue weighted by atomic mass is 10.1. The smallest absolute Gasteiger partial charge is 0.285 e. The van der Waals surface area contributed by atoms with Gasteiger partial charge in [0.1, 0.15) is 0 Å². The topological polar surface area (TPSA) is 67.2 Å².